The lowest BCUT2D eigenvalue weighted by Crippen LogP contribution is -2.19. The van der Waals surface area contributed by atoms with E-state index in [-0.39, 0.29) is 0 Å². The molecule has 0 aliphatic heterocycles. The first kappa shape index (κ1) is 11.6. The maximum absolute atomic E-state index is 5.65. The summed E-state index contributed by atoms with van der Waals surface area (Å²) < 4.78 is 1.79. The van der Waals surface area contributed by atoms with Crippen LogP contribution < -0.4 is 5.73 Å². The van der Waals surface area contributed by atoms with Gasteiger partial charge in [-0.25, -0.2) is 4.98 Å². The molecular weight excluding hydrogens is 214 g/mol. The zero-order valence-electron chi connectivity index (χ0n) is 10.2. The molecule has 1 heterocycles. The summed E-state index contributed by atoms with van der Waals surface area (Å²) in [4.78, 5) is 6.39. The molecule has 0 aliphatic rings. The monoisotopic (exact) mass is 231 g/mol. The Balaban J connectivity index is 1.95. The minimum absolute atomic E-state index is 0.779. The topological polar surface area (TPSA) is 60.0 Å². The highest BCUT2D eigenvalue weighted by Gasteiger charge is 2.05. The SMILES string of the molecule is CN(Cc1ccc(N)cc1)Cc1ncnn1C. The number of benzene rings is 1. The second-order valence-electron chi connectivity index (χ2n) is 4.21. The number of hydrogen-bond acceptors (Lipinski definition) is 4. The van der Waals surface area contributed by atoms with E-state index in [1.807, 2.05) is 31.3 Å². The highest BCUT2D eigenvalue weighted by Crippen LogP contribution is 2.09. The van der Waals surface area contributed by atoms with Gasteiger partial charge in [-0.2, -0.15) is 5.10 Å². The summed E-state index contributed by atoms with van der Waals surface area (Å²) in [5, 5.41) is 4.05. The molecule has 2 N–H and O–H groups in total. The van der Waals surface area contributed by atoms with Gasteiger partial charge in [-0.15, -0.1) is 0 Å². The molecule has 0 aliphatic carbocycles. The first-order valence-electron chi connectivity index (χ1n) is 5.51. The molecule has 0 radical (unpaired) electrons. The lowest BCUT2D eigenvalue weighted by Gasteiger charge is -2.15. The normalized spacial score (nSPS) is 11.0. The third-order valence-corrected chi connectivity index (χ3v) is 2.65. The fourth-order valence-electron chi connectivity index (χ4n) is 1.70. The van der Waals surface area contributed by atoms with Gasteiger partial charge in [0.25, 0.3) is 0 Å². The Morgan fingerprint density at radius 1 is 1.24 bits per heavy atom. The van der Waals surface area contributed by atoms with E-state index in [1.165, 1.54) is 5.56 Å². The summed E-state index contributed by atoms with van der Waals surface area (Å²) in [6.45, 7) is 1.65. The van der Waals surface area contributed by atoms with Crippen LogP contribution in [0, 0.1) is 0 Å². The van der Waals surface area contributed by atoms with Crippen molar-refractivity contribution in [2.24, 2.45) is 7.05 Å². The van der Waals surface area contributed by atoms with E-state index in [4.69, 9.17) is 5.73 Å². The minimum Gasteiger partial charge on any atom is -0.399 e. The first-order valence-corrected chi connectivity index (χ1v) is 5.51. The molecule has 5 nitrogen and oxygen atoms in total. The van der Waals surface area contributed by atoms with Crippen molar-refractivity contribution in [3.05, 3.63) is 42.0 Å². The van der Waals surface area contributed by atoms with Gasteiger partial charge in [0.05, 0.1) is 6.54 Å². The predicted molar refractivity (Wildman–Crippen MR) is 67.0 cm³/mol. The number of aromatic nitrogens is 3. The maximum Gasteiger partial charge on any atom is 0.140 e. The molecule has 0 saturated heterocycles. The lowest BCUT2D eigenvalue weighted by molar-refractivity contribution is 0.305. The first-order chi connectivity index (χ1) is 8.15. The summed E-state index contributed by atoms with van der Waals surface area (Å²) in [6, 6.07) is 7.93. The van der Waals surface area contributed by atoms with Gasteiger partial charge in [0, 0.05) is 19.3 Å². The summed E-state index contributed by atoms with van der Waals surface area (Å²) >= 11 is 0. The summed E-state index contributed by atoms with van der Waals surface area (Å²) in [5.74, 6) is 0.961. The highest BCUT2D eigenvalue weighted by atomic mass is 15.3. The quantitative estimate of drug-likeness (QED) is 0.798. The van der Waals surface area contributed by atoms with Crippen LogP contribution in [0.2, 0.25) is 0 Å². The number of nitrogens with zero attached hydrogens (tertiary/aromatic N) is 4. The molecule has 0 unspecified atom stereocenters. The van der Waals surface area contributed by atoms with Crippen molar-refractivity contribution in [3.63, 3.8) is 0 Å². The third-order valence-electron chi connectivity index (χ3n) is 2.65. The average Bonchev–Trinajstić information content (AvgIpc) is 2.68. The van der Waals surface area contributed by atoms with Crippen molar-refractivity contribution in [1.82, 2.24) is 19.7 Å². The van der Waals surface area contributed by atoms with Crippen LogP contribution in [-0.4, -0.2) is 26.7 Å². The number of nitrogens with two attached hydrogens (primary N) is 1. The smallest absolute Gasteiger partial charge is 0.140 e. The molecule has 0 fully saturated rings. The zero-order valence-corrected chi connectivity index (χ0v) is 10.2. The Labute approximate surface area is 101 Å². The maximum atomic E-state index is 5.65. The Bertz CT molecular complexity index is 474. The van der Waals surface area contributed by atoms with E-state index in [9.17, 15) is 0 Å². The zero-order chi connectivity index (χ0) is 12.3. The van der Waals surface area contributed by atoms with Crippen LogP contribution in [0.25, 0.3) is 0 Å². The Kier molecular flexibility index (Phi) is 3.39. The molecular formula is C12H17N5. The van der Waals surface area contributed by atoms with Gasteiger partial charge in [0.15, 0.2) is 0 Å². The van der Waals surface area contributed by atoms with E-state index in [0.29, 0.717) is 0 Å². The van der Waals surface area contributed by atoms with Gasteiger partial charge in [0.2, 0.25) is 0 Å². The second-order valence-corrected chi connectivity index (χ2v) is 4.21. The van der Waals surface area contributed by atoms with Gasteiger partial charge >= 0.3 is 0 Å². The summed E-state index contributed by atoms with van der Waals surface area (Å²) in [7, 11) is 3.96. The Hall–Kier alpha value is -1.88. The number of rotatable bonds is 4. The fourth-order valence-corrected chi connectivity index (χ4v) is 1.70. The van der Waals surface area contributed by atoms with E-state index in [0.717, 1.165) is 24.6 Å². The second kappa shape index (κ2) is 4.97. The summed E-state index contributed by atoms with van der Waals surface area (Å²) in [6.07, 6.45) is 1.58. The van der Waals surface area contributed by atoms with Crippen LogP contribution in [0.15, 0.2) is 30.6 Å². The van der Waals surface area contributed by atoms with Gasteiger partial charge in [-0.1, -0.05) is 12.1 Å². The molecule has 0 spiro atoms. The third kappa shape index (κ3) is 3.04. The lowest BCUT2D eigenvalue weighted by atomic mass is 10.2. The Morgan fingerprint density at radius 2 is 1.94 bits per heavy atom. The molecule has 0 atom stereocenters. The van der Waals surface area contributed by atoms with Crippen molar-refractivity contribution in [2.75, 3.05) is 12.8 Å². The molecule has 5 heteroatoms. The Morgan fingerprint density at radius 3 is 2.53 bits per heavy atom. The van der Waals surface area contributed by atoms with Crippen LogP contribution in [0.1, 0.15) is 11.4 Å². The molecule has 2 aromatic rings. The van der Waals surface area contributed by atoms with E-state index < -0.39 is 0 Å². The molecule has 1 aromatic carbocycles. The fraction of sp³-hybridized carbons (Fsp3) is 0.333. The number of nitrogen functional groups attached to an aromatic ring is 1. The van der Waals surface area contributed by atoms with Crippen molar-refractivity contribution >= 4 is 5.69 Å². The molecule has 90 valence electrons. The average molecular weight is 231 g/mol. The van der Waals surface area contributed by atoms with Crippen LogP contribution in [0.5, 0.6) is 0 Å². The number of hydrogen-bond donors (Lipinski definition) is 1. The van der Waals surface area contributed by atoms with Gasteiger partial charge in [-0.3, -0.25) is 9.58 Å². The largest absolute Gasteiger partial charge is 0.399 e. The molecule has 0 bridgehead atoms. The van der Waals surface area contributed by atoms with E-state index in [2.05, 4.69) is 22.0 Å². The predicted octanol–water partition coefficient (Wildman–Crippen LogP) is 1.03. The van der Waals surface area contributed by atoms with Crippen molar-refractivity contribution < 1.29 is 0 Å². The van der Waals surface area contributed by atoms with Crippen LogP contribution in [0.3, 0.4) is 0 Å². The number of aryl methyl sites for hydroxylation is 1. The van der Waals surface area contributed by atoms with E-state index in [1.54, 1.807) is 11.0 Å². The van der Waals surface area contributed by atoms with Gasteiger partial charge < -0.3 is 5.73 Å². The van der Waals surface area contributed by atoms with Crippen molar-refractivity contribution in [3.8, 4) is 0 Å². The van der Waals surface area contributed by atoms with Gasteiger partial charge in [0.1, 0.15) is 12.2 Å². The highest BCUT2D eigenvalue weighted by molar-refractivity contribution is 5.39. The van der Waals surface area contributed by atoms with Crippen LogP contribution in [0.4, 0.5) is 5.69 Å². The minimum atomic E-state index is 0.779. The van der Waals surface area contributed by atoms with Crippen LogP contribution in [-0.2, 0) is 20.1 Å². The molecule has 0 saturated carbocycles. The molecule has 0 amide bonds. The van der Waals surface area contributed by atoms with Gasteiger partial charge in [-0.05, 0) is 24.7 Å². The van der Waals surface area contributed by atoms with Crippen molar-refractivity contribution in [1.29, 1.82) is 0 Å². The number of anilines is 1. The molecule has 1 aromatic heterocycles. The van der Waals surface area contributed by atoms with Crippen LogP contribution >= 0.6 is 0 Å². The van der Waals surface area contributed by atoms with E-state index >= 15 is 0 Å². The molecule has 17 heavy (non-hydrogen) atoms. The van der Waals surface area contributed by atoms with Crippen molar-refractivity contribution in [2.45, 2.75) is 13.1 Å². The molecule has 2 rings (SSSR count). The summed E-state index contributed by atoms with van der Waals surface area (Å²) in [5.41, 5.74) is 7.69. The standard InChI is InChI=1S/C12H17N5/c1-16(8-12-14-9-15-17(12)2)7-10-3-5-11(13)6-4-10/h3-6,9H,7-8,13H2,1-2H3.